The minimum Gasteiger partial charge on any atom is -0.321 e. The minimum absolute atomic E-state index is 0.00204. The molecular weight excluding hydrogens is 528 g/mol. The Balaban J connectivity index is 1.40. The lowest BCUT2D eigenvalue weighted by atomic mass is 10.0. The van der Waals surface area contributed by atoms with Crippen molar-refractivity contribution < 1.29 is 4.79 Å². The molecular formula is C38H30N4O. The summed E-state index contributed by atoms with van der Waals surface area (Å²) in [7, 11) is 0. The van der Waals surface area contributed by atoms with Crippen LogP contribution in [0.1, 0.15) is 28.1 Å². The van der Waals surface area contributed by atoms with E-state index < -0.39 is 0 Å². The fourth-order valence-electron chi connectivity index (χ4n) is 5.72. The predicted octanol–water partition coefficient (Wildman–Crippen LogP) is 8.36. The lowest BCUT2D eigenvalue weighted by Crippen LogP contribution is -2.25. The highest BCUT2D eigenvalue weighted by Crippen LogP contribution is 2.42. The van der Waals surface area contributed by atoms with Gasteiger partial charge in [0.1, 0.15) is 11.6 Å². The lowest BCUT2D eigenvalue weighted by Gasteiger charge is -2.26. The van der Waals surface area contributed by atoms with Crippen molar-refractivity contribution in [3.8, 4) is 0 Å². The van der Waals surface area contributed by atoms with E-state index in [0.717, 1.165) is 50.3 Å². The van der Waals surface area contributed by atoms with Crippen molar-refractivity contribution in [1.29, 1.82) is 0 Å². The molecule has 5 aromatic carbocycles. The maximum Gasteiger partial charge on any atom is 0.259 e. The first kappa shape index (κ1) is 26.4. The predicted molar refractivity (Wildman–Crippen MR) is 175 cm³/mol. The number of hydrogen-bond donors (Lipinski definition) is 0. The Kier molecular flexibility index (Phi) is 6.97. The Hall–Kier alpha value is -5.55. The van der Waals surface area contributed by atoms with Crippen LogP contribution in [0.3, 0.4) is 0 Å². The topological polar surface area (TPSA) is 49.3 Å². The number of nitrogens with zero attached hydrogens (tertiary/aromatic N) is 4. The number of carbonyl (C=O) groups is 1. The molecule has 208 valence electrons. The highest BCUT2D eigenvalue weighted by atomic mass is 16.2. The molecule has 1 aromatic heterocycles. The Labute approximate surface area is 251 Å². The number of aryl methyl sites for hydroxylation is 1. The Bertz CT molecular complexity index is 1950. The second-order valence-corrected chi connectivity index (χ2v) is 10.7. The second-order valence-electron chi connectivity index (χ2n) is 10.7. The summed E-state index contributed by atoms with van der Waals surface area (Å²) in [4.78, 5) is 27.8. The summed E-state index contributed by atoms with van der Waals surface area (Å²) in [5.41, 5.74) is 7.59. The average molecular weight is 559 g/mol. The van der Waals surface area contributed by atoms with Gasteiger partial charge in [0.15, 0.2) is 0 Å². The second kappa shape index (κ2) is 11.4. The molecule has 0 fully saturated rings. The molecule has 6 aromatic rings. The van der Waals surface area contributed by atoms with Crippen molar-refractivity contribution in [2.24, 2.45) is 0 Å². The molecule has 1 aliphatic heterocycles. The molecule has 5 heteroatoms. The zero-order valence-corrected chi connectivity index (χ0v) is 23.9. The zero-order chi connectivity index (χ0) is 29.2. The van der Waals surface area contributed by atoms with E-state index in [1.54, 1.807) is 0 Å². The number of rotatable bonds is 7. The maximum absolute atomic E-state index is 14.1. The Morgan fingerprint density at radius 2 is 1.37 bits per heavy atom. The number of fused-ring (bicyclic) bond motifs is 2. The van der Waals surface area contributed by atoms with Crippen molar-refractivity contribution in [1.82, 2.24) is 9.97 Å². The van der Waals surface area contributed by atoms with E-state index in [1.165, 1.54) is 0 Å². The van der Waals surface area contributed by atoms with E-state index in [-0.39, 0.29) is 5.91 Å². The van der Waals surface area contributed by atoms with Crippen molar-refractivity contribution in [3.63, 3.8) is 0 Å². The molecule has 0 N–H and O–H groups in total. The molecule has 0 aliphatic carbocycles. The van der Waals surface area contributed by atoms with Gasteiger partial charge in [0.05, 0.1) is 17.7 Å². The first-order chi connectivity index (χ1) is 21.1. The number of carbonyl (C=O) groups excluding carboxylic acids is 1. The van der Waals surface area contributed by atoms with Crippen LogP contribution in [0.2, 0.25) is 0 Å². The highest BCUT2D eigenvalue weighted by molar-refractivity contribution is 6.36. The molecule has 43 heavy (non-hydrogen) atoms. The van der Waals surface area contributed by atoms with E-state index in [1.807, 2.05) is 90.7 Å². The van der Waals surface area contributed by atoms with Crippen molar-refractivity contribution >= 4 is 45.7 Å². The number of aromatic nitrogens is 2. The standard InChI is InChI=1S/C38H30N4O/c1-27-39-35-20-12-11-19-32(35)37(40-27)41(25-29-15-7-3-8-16-29)31-21-22-36-33(24-31)34(23-28-13-5-2-6-14-28)38(43)42(36)26-30-17-9-4-10-18-30/h2-24H,25-26H2,1H3/b34-23-. The van der Waals surface area contributed by atoms with Gasteiger partial charge in [-0.2, -0.15) is 0 Å². The highest BCUT2D eigenvalue weighted by Gasteiger charge is 2.33. The van der Waals surface area contributed by atoms with Crippen LogP contribution in [0.15, 0.2) is 133 Å². The zero-order valence-electron chi connectivity index (χ0n) is 23.9. The van der Waals surface area contributed by atoms with Crippen LogP contribution in [0.5, 0.6) is 0 Å². The third kappa shape index (κ3) is 5.29. The summed E-state index contributed by atoms with van der Waals surface area (Å²) in [6.07, 6.45) is 2.00. The van der Waals surface area contributed by atoms with Crippen molar-refractivity contribution in [2.45, 2.75) is 20.0 Å². The summed E-state index contributed by atoms with van der Waals surface area (Å²) in [5.74, 6) is 1.55. The van der Waals surface area contributed by atoms with Gasteiger partial charge in [0, 0.05) is 28.8 Å². The maximum atomic E-state index is 14.1. The molecule has 1 aliphatic rings. The molecule has 5 nitrogen and oxygen atoms in total. The van der Waals surface area contributed by atoms with E-state index in [0.29, 0.717) is 24.5 Å². The SMILES string of the molecule is Cc1nc(N(Cc2ccccc2)c2ccc3c(c2)/C(=C/c2ccccc2)C(=O)N3Cc2ccccc2)c2ccccc2n1. The lowest BCUT2D eigenvalue weighted by molar-refractivity contribution is -0.113. The van der Waals surface area contributed by atoms with Crippen LogP contribution in [-0.4, -0.2) is 15.9 Å². The van der Waals surface area contributed by atoms with Gasteiger partial charge in [0.25, 0.3) is 5.91 Å². The molecule has 0 spiro atoms. The minimum atomic E-state index is -0.00204. The summed E-state index contributed by atoms with van der Waals surface area (Å²) >= 11 is 0. The monoisotopic (exact) mass is 558 g/mol. The molecule has 0 unspecified atom stereocenters. The van der Waals surface area contributed by atoms with Crippen LogP contribution in [0.4, 0.5) is 17.2 Å². The molecule has 1 amide bonds. The summed E-state index contributed by atoms with van der Waals surface area (Å²) in [6.45, 7) is 3.04. The van der Waals surface area contributed by atoms with E-state index in [2.05, 4.69) is 65.6 Å². The van der Waals surface area contributed by atoms with Gasteiger partial charge in [-0.15, -0.1) is 0 Å². The molecule has 2 heterocycles. The van der Waals surface area contributed by atoms with Crippen LogP contribution in [-0.2, 0) is 17.9 Å². The van der Waals surface area contributed by atoms with E-state index in [4.69, 9.17) is 9.97 Å². The van der Waals surface area contributed by atoms with Crippen LogP contribution < -0.4 is 9.80 Å². The number of anilines is 3. The molecule has 0 saturated carbocycles. The average Bonchev–Trinajstić information content (AvgIpc) is 3.30. The van der Waals surface area contributed by atoms with Gasteiger partial charge in [-0.25, -0.2) is 9.97 Å². The number of benzene rings is 5. The van der Waals surface area contributed by atoms with Gasteiger partial charge in [-0.3, -0.25) is 4.79 Å². The van der Waals surface area contributed by atoms with Crippen molar-refractivity contribution in [2.75, 3.05) is 9.80 Å². The van der Waals surface area contributed by atoms with Gasteiger partial charge < -0.3 is 9.80 Å². The van der Waals surface area contributed by atoms with Gasteiger partial charge >= 0.3 is 0 Å². The van der Waals surface area contributed by atoms with Gasteiger partial charge in [-0.1, -0.05) is 103 Å². The summed E-state index contributed by atoms with van der Waals surface area (Å²) in [5, 5.41) is 0.978. The summed E-state index contributed by atoms with van der Waals surface area (Å²) < 4.78 is 0. The van der Waals surface area contributed by atoms with E-state index >= 15 is 0 Å². The molecule has 0 bridgehead atoms. The first-order valence-corrected chi connectivity index (χ1v) is 14.5. The number of amides is 1. The third-order valence-corrected chi connectivity index (χ3v) is 7.78. The quantitative estimate of drug-likeness (QED) is 0.185. The fourth-order valence-corrected chi connectivity index (χ4v) is 5.72. The molecule has 0 saturated heterocycles. The van der Waals surface area contributed by atoms with Crippen LogP contribution in [0.25, 0.3) is 22.6 Å². The Morgan fingerprint density at radius 3 is 2.12 bits per heavy atom. The molecule has 0 atom stereocenters. The summed E-state index contributed by atoms with van der Waals surface area (Å²) in [6, 6.07) is 45.0. The van der Waals surface area contributed by atoms with Crippen molar-refractivity contribution in [3.05, 3.63) is 162 Å². The first-order valence-electron chi connectivity index (χ1n) is 14.5. The smallest absolute Gasteiger partial charge is 0.259 e. The third-order valence-electron chi connectivity index (χ3n) is 7.78. The van der Waals surface area contributed by atoms with Crippen LogP contribution in [0, 0.1) is 6.92 Å². The van der Waals surface area contributed by atoms with Gasteiger partial charge in [-0.05, 0) is 60.0 Å². The Morgan fingerprint density at radius 1 is 0.721 bits per heavy atom. The number of hydrogen-bond acceptors (Lipinski definition) is 4. The van der Waals surface area contributed by atoms with Crippen LogP contribution >= 0.6 is 0 Å². The normalized spacial score (nSPS) is 13.5. The van der Waals surface area contributed by atoms with Gasteiger partial charge in [0.2, 0.25) is 0 Å². The fraction of sp³-hybridized carbons (Fsp3) is 0.0789. The number of para-hydroxylation sites is 1. The largest absolute Gasteiger partial charge is 0.321 e. The van der Waals surface area contributed by atoms with E-state index in [9.17, 15) is 4.79 Å². The molecule has 7 rings (SSSR count). The molecule has 0 radical (unpaired) electrons.